The molecule has 1 saturated carbocycles. The largest absolute Gasteiger partial charge is 0.340 e. The molecule has 25 heavy (non-hydrogen) atoms. The number of carbonyl (C=O) groups excluding carboxylic acids is 2. The topological polar surface area (TPSA) is 49.4 Å². The Bertz CT molecular complexity index is 668. The predicted molar refractivity (Wildman–Crippen MR) is 98.8 cm³/mol. The number of likely N-dealkylation sites (tertiary alicyclic amines) is 1. The van der Waals surface area contributed by atoms with E-state index in [2.05, 4.69) is 5.32 Å². The van der Waals surface area contributed by atoms with E-state index < -0.39 is 6.04 Å². The highest BCUT2D eigenvalue weighted by Gasteiger charge is 2.36. The highest BCUT2D eigenvalue weighted by atomic mass is 16.2. The Morgan fingerprint density at radius 1 is 1.16 bits per heavy atom. The first-order chi connectivity index (χ1) is 12.2. The van der Waals surface area contributed by atoms with Crippen LogP contribution < -0.4 is 5.32 Å². The molecular weight excluding hydrogens is 311 g/mol. The van der Waals surface area contributed by atoms with Crippen molar-refractivity contribution in [3.63, 3.8) is 0 Å². The number of hydrogen-bond donors (Lipinski definition) is 1. The molecule has 2 radical (unpaired) electrons. The van der Waals surface area contributed by atoms with Gasteiger partial charge in [0.25, 0.3) is 0 Å². The summed E-state index contributed by atoms with van der Waals surface area (Å²) in [5, 5.41) is 2.97. The molecule has 1 aliphatic heterocycles. The molecule has 3 rings (SSSR count). The first-order valence-corrected chi connectivity index (χ1v) is 8.91. The minimum absolute atomic E-state index is 0.0143. The van der Waals surface area contributed by atoms with Gasteiger partial charge in [-0.25, -0.2) is 0 Å². The van der Waals surface area contributed by atoms with E-state index in [0.717, 1.165) is 31.2 Å². The summed E-state index contributed by atoms with van der Waals surface area (Å²) in [7, 11) is 5.36. The van der Waals surface area contributed by atoms with E-state index in [4.69, 9.17) is 7.85 Å². The summed E-state index contributed by atoms with van der Waals surface area (Å²) in [4.78, 5) is 27.4. The minimum atomic E-state index is -0.617. The summed E-state index contributed by atoms with van der Waals surface area (Å²) in [5.41, 5.74) is 0.831. The van der Waals surface area contributed by atoms with Crippen LogP contribution in [0.4, 0.5) is 0 Å². The second-order valence-electron chi connectivity index (χ2n) is 6.64. The van der Waals surface area contributed by atoms with Crippen LogP contribution in [0.3, 0.4) is 0 Å². The zero-order valence-corrected chi connectivity index (χ0v) is 14.3. The summed E-state index contributed by atoms with van der Waals surface area (Å²) < 4.78 is 0. The predicted octanol–water partition coefficient (Wildman–Crippen LogP) is 2.48. The van der Waals surface area contributed by atoms with E-state index in [-0.39, 0.29) is 23.8 Å². The number of nitrogens with zero attached hydrogens (tertiary/aromatic N) is 1. The van der Waals surface area contributed by atoms with E-state index in [1.165, 1.54) is 5.98 Å². The molecule has 1 aromatic rings. The number of allylic oxidation sites excluding steroid dienone is 2. The van der Waals surface area contributed by atoms with E-state index in [1.54, 1.807) is 6.08 Å². The van der Waals surface area contributed by atoms with Gasteiger partial charge in [0.15, 0.2) is 0 Å². The van der Waals surface area contributed by atoms with E-state index in [9.17, 15) is 9.59 Å². The number of hydrogen-bond acceptors (Lipinski definition) is 2. The lowest BCUT2D eigenvalue weighted by Crippen LogP contribution is -2.44. The molecule has 0 unspecified atom stereocenters. The maximum Gasteiger partial charge on any atom is 0.250 e. The van der Waals surface area contributed by atoms with Crippen LogP contribution in [0.1, 0.15) is 37.3 Å². The van der Waals surface area contributed by atoms with Crippen LogP contribution in [0.2, 0.25) is 0 Å². The Hall–Kier alpha value is -2.30. The molecule has 2 aliphatic rings. The van der Waals surface area contributed by atoms with Crippen LogP contribution in [-0.4, -0.2) is 37.1 Å². The van der Waals surface area contributed by atoms with Gasteiger partial charge in [0.2, 0.25) is 11.8 Å². The van der Waals surface area contributed by atoms with Crippen LogP contribution in [0.5, 0.6) is 0 Å². The van der Waals surface area contributed by atoms with Crippen molar-refractivity contribution >= 4 is 19.7 Å². The number of amides is 2. The monoisotopic (exact) mass is 334 g/mol. The van der Waals surface area contributed by atoms with Crippen LogP contribution >= 0.6 is 0 Å². The molecule has 4 nitrogen and oxygen atoms in total. The van der Waals surface area contributed by atoms with Gasteiger partial charge in [-0.15, -0.1) is 5.98 Å². The average molecular weight is 334 g/mol. The Morgan fingerprint density at radius 2 is 1.92 bits per heavy atom. The third kappa shape index (κ3) is 4.41. The van der Waals surface area contributed by atoms with Crippen molar-refractivity contribution in [1.29, 1.82) is 0 Å². The zero-order valence-electron chi connectivity index (χ0n) is 14.3. The minimum Gasteiger partial charge on any atom is -0.340 e. The van der Waals surface area contributed by atoms with Crippen molar-refractivity contribution < 1.29 is 9.59 Å². The number of carbonyl (C=O) groups is 2. The molecule has 1 aromatic carbocycles. The maximum absolute atomic E-state index is 13.2. The van der Waals surface area contributed by atoms with Crippen molar-refractivity contribution in [3.8, 4) is 0 Å². The van der Waals surface area contributed by atoms with E-state index in [0.29, 0.717) is 6.54 Å². The van der Waals surface area contributed by atoms with Crippen LogP contribution in [0, 0.1) is 5.92 Å². The van der Waals surface area contributed by atoms with E-state index >= 15 is 0 Å². The summed E-state index contributed by atoms with van der Waals surface area (Å²) in [6.45, 7) is 0.711. The highest BCUT2D eigenvalue weighted by molar-refractivity contribution is 6.17. The summed E-state index contributed by atoms with van der Waals surface area (Å²) in [6.07, 6.45) is 9.36. The fourth-order valence-corrected chi connectivity index (χ4v) is 3.23. The lowest BCUT2D eigenvalue weighted by atomic mass is 10.0. The second kappa shape index (κ2) is 8.19. The van der Waals surface area contributed by atoms with Gasteiger partial charge in [-0.1, -0.05) is 48.6 Å². The Morgan fingerprint density at radius 3 is 2.60 bits per heavy atom. The molecule has 0 bridgehead atoms. The Kier molecular flexibility index (Phi) is 5.74. The first-order valence-electron chi connectivity index (χ1n) is 8.91. The van der Waals surface area contributed by atoms with Crippen LogP contribution in [-0.2, 0) is 9.59 Å². The third-order valence-electron chi connectivity index (χ3n) is 4.75. The van der Waals surface area contributed by atoms with Gasteiger partial charge in [0.1, 0.15) is 13.9 Å². The van der Waals surface area contributed by atoms with Gasteiger partial charge in [0.05, 0.1) is 6.04 Å². The molecule has 128 valence electrons. The number of nitrogens with one attached hydrogen (secondary N) is 1. The van der Waals surface area contributed by atoms with Gasteiger partial charge in [-0.05, 0) is 31.2 Å². The molecule has 1 heterocycles. The molecule has 5 heteroatoms. The number of rotatable bonds is 6. The maximum atomic E-state index is 13.2. The van der Waals surface area contributed by atoms with E-state index in [1.807, 2.05) is 47.4 Å². The second-order valence-corrected chi connectivity index (χ2v) is 6.64. The lowest BCUT2D eigenvalue weighted by molar-refractivity contribution is -0.137. The highest BCUT2D eigenvalue weighted by Crippen LogP contribution is 2.31. The van der Waals surface area contributed by atoms with Crippen molar-refractivity contribution in [3.05, 3.63) is 60.1 Å². The standard InChI is InChI=1S/C20H23BN2O2/c21-13-5-4-9-17-10-6-14-23(17)20(25)18(15-7-2-1-3-8-15)22-19(24)16-11-12-16/h1-5,7-9,13,16-18H,6,10-12,14H2,(H,22,24)/t17-,18-/m0/s1. The molecule has 1 saturated heterocycles. The molecule has 1 aliphatic carbocycles. The quantitative estimate of drug-likeness (QED) is 0.642. The van der Waals surface area contributed by atoms with Gasteiger partial charge in [-0.3, -0.25) is 9.59 Å². The molecule has 2 fully saturated rings. The molecule has 0 spiro atoms. The SMILES string of the molecule is [B]C=CC=C[C@H]1CCCN1C(=O)[C@@H](NC(=O)C1CC1)c1ccccc1. The normalized spacial score (nSPS) is 21.8. The molecule has 0 aromatic heterocycles. The van der Waals surface area contributed by atoms with Crippen molar-refractivity contribution in [1.82, 2.24) is 10.2 Å². The molecular formula is C20H23BN2O2. The van der Waals surface area contributed by atoms with Crippen LogP contribution in [0.25, 0.3) is 0 Å². The van der Waals surface area contributed by atoms with Gasteiger partial charge >= 0.3 is 0 Å². The number of benzene rings is 1. The molecule has 2 atom stereocenters. The smallest absolute Gasteiger partial charge is 0.250 e. The van der Waals surface area contributed by atoms with Crippen molar-refractivity contribution in [2.45, 2.75) is 37.8 Å². The van der Waals surface area contributed by atoms with Crippen molar-refractivity contribution in [2.24, 2.45) is 5.92 Å². The van der Waals surface area contributed by atoms with Crippen molar-refractivity contribution in [2.75, 3.05) is 6.54 Å². The zero-order chi connectivity index (χ0) is 17.6. The fraction of sp³-hybridized carbons (Fsp3) is 0.400. The summed E-state index contributed by atoms with van der Waals surface area (Å²) >= 11 is 0. The summed E-state index contributed by atoms with van der Waals surface area (Å²) in [5.74, 6) is 1.49. The molecule has 2 amide bonds. The average Bonchev–Trinajstić information content (AvgIpc) is 3.39. The molecule has 1 N–H and O–H groups in total. The van der Waals surface area contributed by atoms with Gasteiger partial charge in [0, 0.05) is 12.5 Å². The Labute approximate surface area is 150 Å². The van der Waals surface area contributed by atoms with Gasteiger partial charge < -0.3 is 10.2 Å². The lowest BCUT2D eigenvalue weighted by Gasteiger charge is -2.28. The van der Waals surface area contributed by atoms with Crippen LogP contribution in [0.15, 0.2) is 54.5 Å². The Balaban J connectivity index is 1.79. The third-order valence-corrected chi connectivity index (χ3v) is 4.75. The summed E-state index contributed by atoms with van der Waals surface area (Å²) in [6, 6.07) is 8.93. The van der Waals surface area contributed by atoms with Gasteiger partial charge in [-0.2, -0.15) is 0 Å². The first kappa shape index (κ1) is 17.5. The fourth-order valence-electron chi connectivity index (χ4n) is 3.23.